The Balaban J connectivity index is 2.45. The van der Waals surface area contributed by atoms with Gasteiger partial charge in [0.1, 0.15) is 22.3 Å². The Morgan fingerprint density at radius 1 is 1.19 bits per heavy atom. The van der Waals surface area contributed by atoms with Crippen molar-refractivity contribution < 1.29 is 21.9 Å². The molecule has 0 bridgehead atoms. The van der Waals surface area contributed by atoms with E-state index >= 15 is 0 Å². The van der Waals surface area contributed by atoms with Gasteiger partial charge >= 0.3 is 0 Å². The quantitative estimate of drug-likeness (QED) is 0.849. The lowest BCUT2D eigenvalue weighted by Gasteiger charge is -2.13. The minimum atomic E-state index is -4.13. The number of ether oxygens (including phenoxy) is 1. The normalized spacial score (nSPS) is 11.2. The zero-order valence-electron chi connectivity index (χ0n) is 10.9. The lowest BCUT2D eigenvalue weighted by atomic mass is 10.3. The molecular weight excluding hydrogens is 302 g/mol. The molecule has 0 radical (unpaired) electrons. The van der Waals surface area contributed by atoms with Gasteiger partial charge < -0.3 is 10.5 Å². The number of hydrogen-bond donors (Lipinski definition) is 2. The Labute approximate surface area is 120 Å². The van der Waals surface area contributed by atoms with Crippen LogP contribution >= 0.6 is 0 Å². The van der Waals surface area contributed by atoms with Crippen molar-refractivity contribution in [3.05, 3.63) is 48.0 Å². The minimum Gasteiger partial charge on any atom is -0.494 e. The molecule has 0 spiro atoms. The molecule has 0 aliphatic carbocycles. The summed E-state index contributed by atoms with van der Waals surface area (Å²) in [5, 5.41) is 0. The first-order chi connectivity index (χ1) is 9.85. The molecule has 3 N–H and O–H groups in total. The Bertz CT molecular complexity index is 779. The van der Waals surface area contributed by atoms with Crippen LogP contribution in [0.1, 0.15) is 0 Å². The van der Waals surface area contributed by atoms with Crippen molar-refractivity contribution in [2.75, 3.05) is 17.6 Å². The van der Waals surface area contributed by atoms with Gasteiger partial charge in [0.05, 0.1) is 18.5 Å². The van der Waals surface area contributed by atoms with E-state index in [0.29, 0.717) is 0 Å². The summed E-state index contributed by atoms with van der Waals surface area (Å²) >= 11 is 0. The maximum Gasteiger partial charge on any atom is 0.264 e. The van der Waals surface area contributed by atoms with E-state index in [0.717, 1.165) is 24.3 Å². The molecule has 8 heteroatoms. The summed E-state index contributed by atoms with van der Waals surface area (Å²) in [6.07, 6.45) is 0. The zero-order valence-corrected chi connectivity index (χ0v) is 11.7. The maximum absolute atomic E-state index is 13.4. The van der Waals surface area contributed by atoms with Crippen molar-refractivity contribution in [2.45, 2.75) is 4.90 Å². The molecule has 5 nitrogen and oxygen atoms in total. The van der Waals surface area contributed by atoms with Gasteiger partial charge in [0, 0.05) is 6.07 Å². The molecule has 0 amide bonds. The molecule has 0 aliphatic heterocycles. The molecule has 2 aromatic carbocycles. The van der Waals surface area contributed by atoms with Crippen LogP contribution in [0.3, 0.4) is 0 Å². The number of hydrogen-bond acceptors (Lipinski definition) is 4. The van der Waals surface area contributed by atoms with Crippen molar-refractivity contribution in [3.8, 4) is 5.75 Å². The fourth-order valence-corrected chi connectivity index (χ4v) is 2.91. The molecule has 112 valence electrons. The number of nitrogens with two attached hydrogens (primary N) is 1. The number of nitrogens with one attached hydrogen (secondary N) is 1. The van der Waals surface area contributed by atoms with Gasteiger partial charge in [0.2, 0.25) is 0 Å². The summed E-state index contributed by atoms with van der Waals surface area (Å²) in [7, 11) is -2.86. The first-order valence-electron chi connectivity index (χ1n) is 5.75. The van der Waals surface area contributed by atoms with E-state index in [2.05, 4.69) is 4.72 Å². The van der Waals surface area contributed by atoms with Crippen LogP contribution in [0.25, 0.3) is 0 Å². The fraction of sp³-hybridized carbons (Fsp3) is 0.0769. The number of methoxy groups -OCH3 is 1. The van der Waals surface area contributed by atoms with Crippen molar-refractivity contribution in [3.63, 3.8) is 0 Å². The van der Waals surface area contributed by atoms with Gasteiger partial charge in [-0.2, -0.15) is 0 Å². The van der Waals surface area contributed by atoms with E-state index in [-0.39, 0.29) is 11.4 Å². The molecule has 2 rings (SSSR count). The maximum atomic E-state index is 13.4. The van der Waals surface area contributed by atoms with Gasteiger partial charge in [0.15, 0.2) is 0 Å². The Morgan fingerprint density at radius 3 is 2.57 bits per heavy atom. The highest BCUT2D eigenvalue weighted by Crippen LogP contribution is 2.29. The van der Waals surface area contributed by atoms with Crippen LogP contribution in [0, 0.1) is 11.6 Å². The van der Waals surface area contributed by atoms with Crippen LogP contribution in [0.2, 0.25) is 0 Å². The number of nitrogen functional groups attached to an aromatic ring is 1. The Morgan fingerprint density at radius 2 is 1.90 bits per heavy atom. The number of anilines is 2. The fourth-order valence-electron chi connectivity index (χ4n) is 1.70. The molecule has 0 saturated carbocycles. The Kier molecular flexibility index (Phi) is 3.99. The van der Waals surface area contributed by atoms with Crippen molar-refractivity contribution in [2.24, 2.45) is 0 Å². The van der Waals surface area contributed by atoms with E-state index in [1.807, 2.05) is 0 Å². The van der Waals surface area contributed by atoms with Crippen LogP contribution in [0.5, 0.6) is 5.75 Å². The highest BCUT2D eigenvalue weighted by atomic mass is 32.2. The van der Waals surface area contributed by atoms with Gasteiger partial charge in [0.25, 0.3) is 10.0 Å². The smallest absolute Gasteiger partial charge is 0.264 e. The lowest BCUT2D eigenvalue weighted by Crippen LogP contribution is -2.16. The summed E-state index contributed by atoms with van der Waals surface area (Å²) in [5.74, 6) is -1.43. The average molecular weight is 314 g/mol. The van der Waals surface area contributed by atoms with Crippen molar-refractivity contribution in [1.29, 1.82) is 0 Å². The van der Waals surface area contributed by atoms with Crippen LogP contribution < -0.4 is 15.2 Å². The molecule has 0 aromatic heterocycles. The molecule has 0 heterocycles. The standard InChI is InChI=1S/C13H12F2N2O3S/c1-20-11-7-8(14)5-6-10(11)17-21(18,19)12-4-2-3-9(15)13(12)16/h2-7,17H,16H2,1H3. The van der Waals surface area contributed by atoms with E-state index < -0.39 is 32.2 Å². The molecule has 0 fully saturated rings. The van der Waals surface area contributed by atoms with E-state index in [9.17, 15) is 17.2 Å². The number of sulfonamides is 1. The lowest BCUT2D eigenvalue weighted by molar-refractivity contribution is 0.413. The van der Waals surface area contributed by atoms with E-state index in [1.54, 1.807) is 0 Å². The van der Waals surface area contributed by atoms with Gasteiger partial charge in [-0.15, -0.1) is 0 Å². The third-order valence-corrected chi connectivity index (χ3v) is 4.13. The van der Waals surface area contributed by atoms with Gasteiger partial charge in [-0.05, 0) is 24.3 Å². The second-order valence-corrected chi connectivity index (χ2v) is 5.75. The number of halogens is 2. The predicted molar refractivity (Wildman–Crippen MR) is 74.6 cm³/mol. The van der Waals surface area contributed by atoms with Crippen molar-refractivity contribution in [1.82, 2.24) is 0 Å². The topological polar surface area (TPSA) is 81.4 Å². The van der Waals surface area contributed by atoms with Crippen LogP contribution in [0.15, 0.2) is 41.3 Å². The minimum absolute atomic E-state index is 0.00597. The van der Waals surface area contributed by atoms with E-state index in [1.165, 1.54) is 19.2 Å². The summed E-state index contributed by atoms with van der Waals surface area (Å²) in [4.78, 5) is -0.408. The van der Waals surface area contributed by atoms with Gasteiger partial charge in [-0.3, -0.25) is 4.72 Å². The molecule has 0 atom stereocenters. The first-order valence-corrected chi connectivity index (χ1v) is 7.24. The summed E-state index contributed by atoms with van der Waals surface area (Å²) in [6, 6.07) is 6.72. The molecule has 0 saturated heterocycles. The summed E-state index contributed by atoms with van der Waals surface area (Å²) in [6.45, 7) is 0. The van der Waals surface area contributed by atoms with E-state index in [4.69, 9.17) is 10.5 Å². The second kappa shape index (κ2) is 5.57. The molecule has 21 heavy (non-hydrogen) atoms. The number of para-hydroxylation sites is 1. The average Bonchev–Trinajstić information content (AvgIpc) is 2.43. The Hall–Kier alpha value is -2.35. The monoisotopic (exact) mass is 314 g/mol. The van der Waals surface area contributed by atoms with Crippen LogP contribution in [-0.4, -0.2) is 15.5 Å². The summed E-state index contributed by atoms with van der Waals surface area (Å²) < 4.78 is 57.9. The molecule has 0 aliphatic rings. The number of benzene rings is 2. The highest BCUT2D eigenvalue weighted by molar-refractivity contribution is 7.92. The van der Waals surface area contributed by atoms with Crippen LogP contribution in [0.4, 0.5) is 20.2 Å². The van der Waals surface area contributed by atoms with Crippen LogP contribution in [-0.2, 0) is 10.0 Å². The van der Waals surface area contributed by atoms with Gasteiger partial charge in [-0.1, -0.05) is 6.07 Å². The zero-order chi connectivity index (χ0) is 15.6. The highest BCUT2D eigenvalue weighted by Gasteiger charge is 2.21. The largest absolute Gasteiger partial charge is 0.494 e. The molecule has 0 unspecified atom stereocenters. The second-order valence-electron chi connectivity index (χ2n) is 4.10. The SMILES string of the molecule is COc1cc(F)ccc1NS(=O)(=O)c1cccc(F)c1N. The molecular formula is C13H12F2N2O3S. The van der Waals surface area contributed by atoms with Gasteiger partial charge in [-0.25, -0.2) is 17.2 Å². The number of rotatable bonds is 4. The van der Waals surface area contributed by atoms with Crippen molar-refractivity contribution >= 4 is 21.4 Å². The predicted octanol–water partition coefficient (Wildman–Crippen LogP) is 2.36. The molecule has 2 aromatic rings. The first kappa shape index (κ1) is 15.0. The third-order valence-electron chi connectivity index (χ3n) is 2.71. The summed E-state index contributed by atoms with van der Waals surface area (Å²) in [5.41, 5.74) is 4.95. The third kappa shape index (κ3) is 3.05.